The van der Waals surface area contributed by atoms with E-state index < -0.39 is 24.3 Å². The Morgan fingerprint density at radius 2 is 1.68 bits per heavy atom. The van der Waals surface area contributed by atoms with Crippen LogP contribution in [0.2, 0.25) is 5.02 Å². The van der Waals surface area contributed by atoms with Gasteiger partial charge in [0.25, 0.3) is 0 Å². The van der Waals surface area contributed by atoms with Crippen LogP contribution in [-0.2, 0) is 12.7 Å². The van der Waals surface area contributed by atoms with E-state index in [1.54, 1.807) is 0 Å². The Hall–Kier alpha value is -2.56. The van der Waals surface area contributed by atoms with E-state index >= 15 is 0 Å². The molecule has 0 saturated heterocycles. The number of hydrogen-bond acceptors (Lipinski definition) is 4. The molecule has 3 aromatic rings. The standard InChI is InChI=1S/C16H11ClF6N4O/c17-9-6-24-14(25-7-9)28-12-3-2-11(16(21,22)23)10-8-26-27(13(10)12)5-1-4-15(18,19)20/h2-3,6-8H,1,4-5H2. The van der Waals surface area contributed by atoms with Crippen molar-refractivity contribution in [1.29, 1.82) is 0 Å². The lowest BCUT2D eigenvalue weighted by molar-refractivity contribution is -0.136. The maximum absolute atomic E-state index is 13.3. The number of rotatable bonds is 5. The summed E-state index contributed by atoms with van der Waals surface area (Å²) in [4.78, 5) is 7.59. The van der Waals surface area contributed by atoms with Crippen molar-refractivity contribution in [3.63, 3.8) is 0 Å². The first-order valence-corrected chi connectivity index (χ1v) is 8.20. The summed E-state index contributed by atoms with van der Waals surface area (Å²) < 4.78 is 83.5. The van der Waals surface area contributed by atoms with Crippen molar-refractivity contribution in [3.05, 3.63) is 41.3 Å². The predicted octanol–water partition coefficient (Wildman–Crippen LogP) is 5.63. The monoisotopic (exact) mass is 424 g/mol. The molecular formula is C16H11ClF6N4O. The summed E-state index contributed by atoms with van der Waals surface area (Å²) in [7, 11) is 0. The van der Waals surface area contributed by atoms with Crippen LogP contribution >= 0.6 is 11.6 Å². The minimum Gasteiger partial charge on any atom is -0.422 e. The van der Waals surface area contributed by atoms with E-state index in [1.807, 2.05) is 0 Å². The summed E-state index contributed by atoms with van der Waals surface area (Å²) in [6, 6.07) is 1.66. The van der Waals surface area contributed by atoms with Gasteiger partial charge in [0, 0.05) is 18.4 Å². The fourth-order valence-corrected chi connectivity index (χ4v) is 2.65. The lowest BCUT2D eigenvalue weighted by Gasteiger charge is -2.13. The van der Waals surface area contributed by atoms with Crippen LogP contribution in [0.1, 0.15) is 18.4 Å². The van der Waals surface area contributed by atoms with Crippen molar-refractivity contribution in [2.75, 3.05) is 0 Å². The van der Waals surface area contributed by atoms with Crippen molar-refractivity contribution in [2.45, 2.75) is 31.7 Å². The second-order valence-corrected chi connectivity index (χ2v) is 6.18. The van der Waals surface area contributed by atoms with Crippen LogP contribution in [0.25, 0.3) is 10.9 Å². The molecule has 5 nitrogen and oxygen atoms in total. The van der Waals surface area contributed by atoms with Gasteiger partial charge in [-0.25, -0.2) is 9.97 Å². The topological polar surface area (TPSA) is 52.8 Å². The van der Waals surface area contributed by atoms with Crippen molar-refractivity contribution in [3.8, 4) is 11.8 Å². The molecule has 3 rings (SSSR count). The number of hydrogen-bond donors (Lipinski definition) is 0. The fraction of sp³-hybridized carbons (Fsp3) is 0.312. The Bertz CT molecular complexity index is 968. The molecule has 0 atom stereocenters. The number of fused-ring (bicyclic) bond motifs is 1. The number of alkyl halides is 6. The quantitative estimate of drug-likeness (QED) is 0.498. The van der Waals surface area contributed by atoms with Gasteiger partial charge in [0.2, 0.25) is 0 Å². The number of nitrogens with zero attached hydrogens (tertiary/aromatic N) is 4. The third kappa shape index (κ3) is 4.64. The van der Waals surface area contributed by atoms with Gasteiger partial charge in [0.1, 0.15) is 5.52 Å². The zero-order chi connectivity index (χ0) is 20.5. The Labute approximate surface area is 158 Å². The molecule has 0 saturated carbocycles. The average molecular weight is 425 g/mol. The van der Waals surface area contributed by atoms with Crippen molar-refractivity contribution < 1.29 is 31.1 Å². The van der Waals surface area contributed by atoms with Gasteiger partial charge in [-0.3, -0.25) is 4.68 Å². The van der Waals surface area contributed by atoms with E-state index in [4.69, 9.17) is 16.3 Å². The van der Waals surface area contributed by atoms with Crippen LogP contribution in [0.5, 0.6) is 11.8 Å². The van der Waals surface area contributed by atoms with E-state index in [2.05, 4.69) is 15.1 Å². The van der Waals surface area contributed by atoms with Gasteiger partial charge in [-0.15, -0.1) is 0 Å². The molecule has 150 valence electrons. The number of aromatic nitrogens is 4. The summed E-state index contributed by atoms with van der Waals surface area (Å²) in [5.41, 5.74) is -1.08. The van der Waals surface area contributed by atoms with Crippen molar-refractivity contribution in [1.82, 2.24) is 19.7 Å². The fourth-order valence-electron chi connectivity index (χ4n) is 2.55. The largest absolute Gasteiger partial charge is 0.422 e. The molecular weight excluding hydrogens is 414 g/mol. The maximum atomic E-state index is 13.3. The van der Waals surface area contributed by atoms with Crippen LogP contribution in [0, 0.1) is 0 Å². The van der Waals surface area contributed by atoms with Gasteiger partial charge in [-0.05, 0) is 18.6 Å². The smallest absolute Gasteiger partial charge is 0.417 e. The molecule has 0 bridgehead atoms. The van der Waals surface area contributed by atoms with E-state index in [1.165, 1.54) is 12.4 Å². The Balaban J connectivity index is 2.01. The van der Waals surface area contributed by atoms with Gasteiger partial charge in [0.15, 0.2) is 5.75 Å². The molecule has 0 aliphatic carbocycles. The van der Waals surface area contributed by atoms with Crippen LogP contribution in [-0.4, -0.2) is 25.9 Å². The first kappa shape index (κ1) is 20.2. The van der Waals surface area contributed by atoms with Gasteiger partial charge in [-0.1, -0.05) is 11.6 Å². The molecule has 0 aliphatic heterocycles. The molecule has 1 aromatic carbocycles. The molecule has 2 aromatic heterocycles. The lowest BCUT2D eigenvalue weighted by Crippen LogP contribution is -2.10. The highest BCUT2D eigenvalue weighted by Gasteiger charge is 2.34. The minimum atomic E-state index is -4.67. The molecule has 0 aliphatic rings. The van der Waals surface area contributed by atoms with Gasteiger partial charge in [0.05, 0.1) is 29.2 Å². The van der Waals surface area contributed by atoms with E-state index in [-0.39, 0.29) is 40.7 Å². The second kappa shape index (κ2) is 7.46. The molecule has 0 N–H and O–H groups in total. The predicted molar refractivity (Wildman–Crippen MR) is 87.1 cm³/mol. The highest BCUT2D eigenvalue weighted by molar-refractivity contribution is 6.30. The Morgan fingerprint density at radius 3 is 2.29 bits per heavy atom. The van der Waals surface area contributed by atoms with Crippen LogP contribution in [0.4, 0.5) is 26.3 Å². The third-order valence-corrected chi connectivity index (χ3v) is 3.89. The highest BCUT2D eigenvalue weighted by atomic mass is 35.5. The normalized spacial score (nSPS) is 12.5. The zero-order valence-electron chi connectivity index (χ0n) is 13.9. The van der Waals surface area contributed by atoms with Gasteiger partial charge >= 0.3 is 18.4 Å². The summed E-state index contributed by atoms with van der Waals surface area (Å²) in [6.07, 6.45) is -7.10. The molecule has 12 heteroatoms. The van der Waals surface area contributed by atoms with Crippen LogP contribution in [0.15, 0.2) is 30.7 Å². The number of halogens is 7. The summed E-state index contributed by atoms with van der Waals surface area (Å²) in [6.45, 7) is -0.248. The molecule has 0 radical (unpaired) electrons. The molecule has 0 amide bonds. The van der Waals surface area contributed by atoms with E-state index in [0.29, 0.717) is 0 Å². The number of ether oxygens (including phenoxy) is 1. The van der Waals surface area contributed by atoms with Crippen LogP contribution in [0.3, 0.4) is 0 Å². The van der Waals surface area contributed by atoms with Crippen molar-refractivity contribution >= 4 is 22.5 Å². The van der Waals surface area contributed by atoms with E-state index in [9.17, 15) is 26.3 Å². The molecule has 0 unspecified atom stereocenters. The summed E-state index contributed by atoms with van der Waals surface area (Å²) in [5.74, 6) is -0.0742. The lowest BCUT2D eigenvalue weighted by atomic mass is 10.1. The second-order valence-electron chi connectivity index (χ2n) is 5.74. The van der Waals surface area contributed by atoms with E-state index in [0.717, 1.165) is 23.0 Å². The number of aryl methyl sites for hydroxylation is 1. The van der Waals surface area contributed by atoms with Crippen molar-refractivity contribution in [2.24, 2.45) is 0 Å². The Kier molecular flexibility index (Phi) is 5.37. The Morgan fingerprint density at radius 1 is 1.00 bits per heavy atom. The number of benzene rings is 1. The molecule has 0 spiro atoms. The summed E-state index contributed by atoms with van der Waals surface area (Å²) >= 11 is 5.67. The molecule has 0 fully saturated rings. The summed E-state index contributed by atoms with van der Waals surface area (Å²) in [5, 5.41) is 3.74. The zero-order valence-corrected chi connectivity index (χ0v) is 14.6. The highest BCUT2D eigenvalue weighted by Crippen LogP contribution is 2.39. The average Bonchev–Trinajstić information content (AvgIpc) is 2.99. The molecule has 28 heavy (non-hydrogen) atoms. The maximum Gasteiger partial charge on any atom is 0.417 e. The first-order chi connectivity index (χ1) is 13.0. The van der Waals surface area contributed by atoms with Crippen LogP contribution < -0.4 is 4.74 Å². The third-order valence-electron chi connectivity index (χ3n) is 3.70. The molecule has 2 heterocycles. The van der Waals surface area contributed by atoms with Gasteiger partial charge in [-0.2, -0.15) is 31.4 Å². The first-order valence-electron chi connectivity index (χ1n) is 7.82. The van der Waals surface area contributed by atoms with Gasteiger partial charge < -0.3 is 4.74 Å². The minimum absolute atomic E-state index is 0.0742. The SMILES string of the molecule is FC(F)(F)CCCn1ncc2c(C(F)(F)F)ccc(Oc3ncc(Cl)cn3)c21.